The van der Waals surface area contributed by atoms with Crippen LogP contribution in [0.5, 0.6) is 0 Å². The van der Waals surface area contributed by atoms with Gasteiger partial charge in [0.05, 0.1) is 17.3 Å². The Hall–Kier alpha value is -0.810. The van der Waals surface area contributed by atoms with Crippen LogP contribution in [0.15, 0.2) is 16.7 Å². The van der Waals surface area contributed by atoms with Crippen molar-refractivity contribution in [3.05, 3.63) is 23.7 Å². The van der Waals surface area contributed by atoms with E-state index in [1.165, 1.54) is 5.56 Å². The van der Waals surface area contributed by atoms with Crippen molar-refractivity contribution in [3.8, 4) is 0 Å². The van der Waals surface area contributed by atoms with Crippen molar-refractivity contribution >= 4 is 9.84 Å². The normalized spacial score (nSPS) is 30.2. The number of nitrogens with one attached hydrogen (secondary N) is 1. The molecule has 1 saturated heterocycles. The van der Waals surface area contributed by atoms with Crippen LogP contribution in [0.1, 0.15) is 43.0 Å². The van der Waals surface area contributed by atoms with Gasteiger partial charge >= 0.3 is 0 Å². The van der Waals surface area contributed by atoms with Crippen LogP contribution in [-0.2, 0) is 16.3 Å². The molecule has 2 unspecified atom stereocenters. The standard InChI is InChI=1S/C13H19NO3S/c15-18(16)8-2-3-10(18)9-14-12-4-1-5-13-11(12)6-7-17-13/h6-7,10,12,14H,1-5,8-9H2. The Morgan fingerprint density at radius 3 is 3.00 bits per heavy atom. The van der Waals surface area contributed by atoms with Gasteiger partial charge in [-0.05, 0) is 31.7 Å². The predicted octanol–water partition coefficient (Wildman–Crippen LogP) is 1.82. The molecule has 100 valence electrons. The largest absolute Gasteiger partial charge is 0.469 e. The minimum atomic E-state index is -2.84. The van der Waals surface area contributed by atoms with Crippen molar-refractivity contribution in [1.29, 1.82) is 0 Å². The van der Waals surface area contributed by atoms with Crippen LogP contribution in [0.3, 0.4) is 0 Å². The molecule has 0 aromatic carbocycles. The van der Waals surface area contributed by atoms with Crippen LogP contribution in [0, 0.1) is 0 Å². The minimum absolute atomic E-state index is 0.185. The molecule has 3 rings (SSSR count). The smallest absolute Gasteiger partial charge is 0.154 e. The zero-order chi connectivity index (χ0) is 12.6. The van der Waals surface area contributed by atoms with Gasteiger partial charge in [-0.25, -0.2) is 8.42 Å². The Balaban J connectivity index is 1.65. The van der Waals surface area contributed by atoms with Crippen molar-refractivity contribution in [2.75, 3.05) is 12.3 Å². The molecule has 0 amide bonds. The lowest BCUT2D eigenvalue weighted by atomic mass is 9.93. The van der Waals surface area contributed by atoms with Gasteiger partial charge in [-0.2, -0.15) is 0 Å². The maximum atomic E-state index is 11.8. The van der Waals surface area contributed by atoms with Gasteiger partial charge in [0.2, 0.25) is 0 Å². The van der Waals surface area contributed by atoms with Crippen LogP contribution >= 0.6 is 0 Å². The van der Waals surface area contributed by atoms with E-state index in [2.05, 4.69) is 5.32 Å². The molecule has 18 heavy (non-hydrogen) atoms. The van der Waals surface area contributed by atoms with E-state index in [1.54, 1.807) is 6.26 Å². The van der Waals surface area contributed by atoms with Crippen LogP contribution in [0.25, 0.3) is 0 Å². The van der Waals surface area contributed by atoms with Crippen molar-refractivity contribution in [3.63, 3.8) is 0 Å². The zero-order valence-electron chi connectivity index (χ0n) is 10.4. The molecule has 0 bridgehead atoms. The Morgan fingerprint density at radius 2 is 2.22 bits per heavy atom. The second-order valence-electron chi connectivity index (χ2n) is 5.28. The van der Waals surface area contributed by atoms with E-state index in [-0.39, 0.29) is 11.3 Å². The Morgan fingerprint density at radius 1 is 1.33 bits per heavy atom. The number of rotatable bonds is 3. The highest BCUT2D eigenvalue weighted by Crippen LogP contribution is 2.31. The molecular weight excluding hydrogens is 250 g/mol. The molecule has 1 fully saturated rings. The Bertz CT molecular complexity index is 520. The molecule has 2 aliphatic rings. The number of furan rings is 1. The number of fused-ring (bicyclic) bond motifs is 1. The molecule has 0 saturated carbocycles. The fourth-order valence-corrected chi connectivity index (χ4v) is 4.84. The van der Waals surface area contributed by atoms with Crippen LogP contribution in [0.2, 0.25) is 0 Å². The zero-order valence-corrected chi connectivity index (χ0v) is 11.2. The first kappa shape index (κ1) is 12.2. The van der Waals surface area contributed by atoms with E-state index >= 15 is 0 Å². The lowest BCUT2D eigenvalue weighted by Gasteiger charge is -2.24. The van der Waals surface area contributed by atoms with E-state index in [1.807, 2.05) is 6.07 Å². The number of hydrogen-bond donors (Lipinski definition) is 1. The lowest BCUT2D eigenvalue weighted by molar-refractivity contribution is 0.409. The van der Waals surface area contributed by atoms with Gasteiger partial charge < -0.3 is 9.73 Å². The minimum Gasteiger partial charge on any atom is -0.469 e. The molecule has 4 nitrogen and oxygen atoms in total. The molecule has 1 N–H and O–H groups in total. The number of aryl methyl sites for hydroxylation is 1. The first-order valence-electron chi connectivity index (χ1n) is 6.68. The molecule has 5 heteroatoms. The fourth-order valence-electron chi connectivity index (χ4n) is 3.06. The Kier molecular flexibility index (Phi) is 3.20. The average Bonchev–Trinajstić information content (AvgIpc) is 2.92. The summed E-state index contributed by atoms with van der Waals surface area (Å²) in [6.45, 7) is 0.581. The molecule has 1 aromatic heterocycles. The number of sulfone groups is 1. The van der Waals surface area contributed by atoms with Gasteiger partial charge in [0.15, 0.2) is 9.84 Å². The SMILES string of the molecule is O=S1(=O)CCCC1CNC1CCCc2occc21. The average molecular weight is 269 g/mol. The van der Waals surface area contributed by atoms with Gasteiger partial charge in [0.25, 0.3) is 0 Å². The summed E-state index contributed by atoms with van der Waals surface area (Å²) in [5.41, 5.74) is 1.22. The van der Waals surface area contributed by atoms with Crippen LogP contribution in [-0.4, -0.2) is 26.0 Å². The van der Waals surface area contributed by atoms with E-state index in [9.17, 15) is 8.42 Å². The third kappa shape index (κ3) is 2.21. The first-order valence-corrected chi connectivity index (χ1v) is 8.39. The summed E-state index contributed by atoms with van der Waals surface area (Å²) in [4.78, 5) is 0. The second kappa shape index (κ2) is 4.70. The van der Waals surface area contributed by atoms with Crippen molar-refractivity contribution in [2.45, 2.75) is 43.4 Å². The first-order chi connectivity index (χ1) is 8.67. The second-order valence-corrected chi connectivity index (χ2v) is 7.68. The van der Waals surface area contributed by atoms with Crippen molar-refractivity contribution < 1.29 is 12.8 Å². The maximum Gasteiger partial charge on any atom is 0.154 e. The molecule has 1 aliphatic heterocycles. The molecule has 1 aliphatic carbocycles. The van der Waals surface area contributed by atoms with Crippen LogP contribution < -0.4 is 5.32 Å². The monoisotopic (exact) mass is 269 g/mol. The molecular formula is C13H19NO3S. The molecule has 0 spiro atoms. The lowest BCUT2D eigenvalue weighted by Crippen LogP contribution is -2.34. The summed E-state index contributed by atoms with van der Waals surface area (Å²) < 4.78 is 29.0. The van der Waals surface area contributed by atoms with E-state index in [4.69, 9.17) is 4.42 Å². The predicted molar refractivity (Wildman–Crippen MR) is 69.2 cm³/mol. The summed E-state index contributed by atoms with van der Waals surface area (Å²) in [5.74, 6) is 1.43. The third-order valence-electron chi connectivity index (χ3n) is 4.11. The van der Waals surface area contributed by atoms with Gasteiger partial charge in [-0.15, -0.1) is 0 Å². The highest BCUT2D eigenvalue weighted by Gasteiger charge is 2.32. The van der Waals surface area contributed by atoms with Crippen molar-refractivity contribution in [2.24, 2.45) is 0 Å². The molecule has 1 aromatic rings. The van der Waals surface area contributed by atoms with Gasteiger partial charge in [0.1, 0.15) is 5.76 Å². The summed E-state index contributed by atoms with van der Waals surface area (Å²) in [7, 11) is -2.84. The van der Waals surface area contributed by atoms with Gasteiger partial charge in [-0.1, -0.05) is 0 Å². The molecule has 0 radical (unpaired) electrons. The summed E-state index contributed by atoms with van der Waals surface area (Å²) in [6.07, 6.45) is 6.53. The van der Waals surface area contributed by atoms with E-state index < -0.39 is 9.84 Å². The van der Waals surface area contributed by atoms with E-state index in [0.717, 1.165) is 37.9 Å². The van der Waals surface area contributed by atoms with Crippen molar-refractivity contribution in [1.82, 2.24) is 5.32 Å². The molecule has 2 heterocycles. The molecule has 2 atom stereocenters. The van der Waals surface area contributed by atoms with E-state index in [0.29, 0.717) is 12.3 Å². The fraction of sp³-hybridized carbons (Fsp3) is 0.692. The number of hydrogen-bond acceptors (Lipinski definition) is 4. The quantitative estimate of drug-likeness (QED) is 0.909. The van der Waals surface area contributed by atoms with Crippen LogP contribution in [0.4, 0.5) is 0 Å². The topological polar surface area (TPSA) is 59.3 Å². The Labute approximate surface area is 108 Å². The van der Waals surface area contributed by atoms with Gasteiger partial charge in [-0.3, -0.25) is 0 Å². The summed E-state index contributed by atoms with van der Waals surface area (Å²) in [5, 5.41) is 3.24. The van der Waals surface area contributed by atoms with Gasteiger partial charge in [0, 0.05) is 24.6 Å². The highest BCUT2D eigenvalue weighted by molar-refractivity contribution is 7.92. The summed E-state index contributed by atoms with van der Waals surface area (Å²) >= 11 is 0. The maximum absolute atomic E-state index is 11.8. The highest BCUT2D eigenvalue weighted by atomic mass is 32.2. The third-order valence-corrected chi connectivity index (χ3v) is 6.38. The summed E-state index contributed by atoms with van der Waals surface area (Å²) in [6, 6.07) is 2.28.